The summed E-state index contributed by atoms with van der Waals surface area (Å²) in [4.78, 5) is -0.399. The monoisotopic (exact) mass is 449 g/mol. The van der Waals surface area contributed by atoms with E-state index in [2.05, 4.69) is 11.8 Å². The maximum atomic E-state index is 14.5. The van der Waals surface area contributed by atoms with E-state index in [1.54, 1.807) is 24.3 Å². The largest absolute Gasteiger partial charge is 0.274 e. The number of hydrogen-bond acceptors (Lipinski definition) is 2. The summed E-state index contributed by atoms with van der Waals surface area (Å²) in [5.74, 6) is 2.28. The van der Waals surface area contributed by atoms with Gasteiger partial charge < -0.3 is 0 Å². The summed E-state index contributed by atoms with van der Waals surface area (Å²) >= 11 is 5.86. The number of aryl methyl sites for hydroxylation is 1. The van der Waals surface area contributed by atoms with Gasteiger partial charge in [-0.2, -0.15) is 0 Å². The number of nitrogens with one attached hydrogen (secondary N) is 1. The van der Waals surface area contributed by atoms with Crippen molar-refractivity contribution in [2.24, 2.45) is 0 Å². The minimum absolute atomic E-state index is 0.00528. The molecule has 0 fully saturated rings. The van der Waals surface area contributed by atoms with Gasteiger partial charge in [-0.15, -0.1) is 0 Å². The fourth-order valence-electron chi connectivity index (χ4n) is 2.70. The van der Waals surface area contributed by atoms with Crippen molar-refractivity contribution in [2.45, 2.75) is 18.7 Å². The Morgan fingerprint density at radius 2 is 1.50 bits per heavy atom. The quantitative estimate of drug-likeness (QED) is 0.531. The molecule has 0 atom stereocenters. The second kappa shape index (κ2) is 8.42. The third kappa shape index (κ3) is 4.78. The summed E-state index contributed by atoms with van der Waals surface area (Å²) in [6.45, 7) is 2.78. The van der Waals surface area contributed by atoms with Gasteiger partial charge in [0, 0.05) is 21.7 Å². The van der Waals surface area contributed by atoms with Crippen LogP contribution in [0.15, 0.2) is 53.4 Å². The highest BCUT2D eigenvalue weighted by molar-refractivity contribution is 7.92. The highest BCUT2D eigenvalue weighted by Crippen LogP contribution is 2.27. The van der Waals surface area contributed by atoms with E-state index in [0.717, 1.165) is 12.1 Å². The van der Waals surface area contributed by atoms with Gasteiger partial charge in [-0.05, 0) is 61.9 Å². The number of sulfonamides is 1. The molecular formula is C22H15ClF3NO2S. The van der Waals surface area contributed by atoms with Crippen LogP contribution in [-0.2, 0) is 10.0 Å². The molecule has 0 bridgehead atoms. The Morgan fingerprint density at radius 3 is 2.13 bits per heavy atom. The van der Waals surface area contributed by atoms with Crippen LogP contribution in [0.25, 0.3) is 0 Å². The van der Waals surface area contributed by atoms with Gasteiger partial charge in [-0.1, -0.05) is 29.5 Å². The Kier molecular flexibility index (Phi) is 6.11. The van der Waals surface area contributed by atoms with Crippen LogP contribution < -0.4 is 4.72 Å². The van der Waals surface area contributed by atoms with E-state index in [9.17, 15) is 21.6 Å². The summed E-state index contributed by atoms with van der Waals surface area (Å²) in [7, 11) is -4.43. The fourth-order valence-corrected chi connectivity index (χ4v) is 4.31. The third-order valence-corrected chi connectivity index (χ3v) is 5.90. The molecule has 0 unspecified atom stereocenters. The highest BCUT2D eigenvalue weighted by Gasteiger charge is 2.23. The van der Waals surface area contributed by atoms with Crippen LogP contribution in [0.1, 0.15) is 22.3 Å². The second-order valence-electron chi connectivity index (χ2n) is 6.55. The van der Waals surface area contributed by atoms with Gasteiger partial charge >= 0.3 is 0 Å². The molecule has 3 nitrogen and oxygen atoms in total. The molecule has 0 aliphatic carbocycles. The first-order chi connectivity index (χ1) is 14.1. The molecule has 0 amide bonds. The van der Waals surface area contributed by atoms with Gasteiger partial charge in [0.25, 0.3) is 10.0 Å². The lowest BCUT2D eigenvalue weighted by Crippen LogP contribution is -2.17. The molecule has 0 aromatic heterocycles. The Labute approximate surface area is 177 Å². The zero-order valence-corrected chi connectivity index (χ0v) is 17.4. The van der Waals surface area contributed by atoms with E-state index in [0.29, 0.717) is 16.1 Å². The van der Waals surface area contributed by atoms with Crippen LogP contribution in [0.4, 0.5) is 18.9 Å². The van der Waals surface area contributed by atoms with Crippen molar-refractivity contribution in [3.05, 3.63) is 93.3 Å². The molecule has 3 aromatic rings. The Hall–Kier alpha value is -2.95. The maximum absolute atomic E-state index is 14.5. The molecule has 1 N–H and O–H groups in total. The third-order valence-electron chi connectivity index (χ3n) is 4.18. The van der Waals surface area contributed by atoms with Crippen molar-refractivity contribution in [3.63, 3.8) is 0 Å². The molecule has 0 saturated heterocycles. The van der Waals surface area contributed by atoms with E-state index in [4.69, 9.17) is 11.6 Å². The average Bonchev–Trinajstić information content (AvgIpc) is 2.66. The molecule has 3 rings (SSSR count). The van der Waals surface area contributed by atoms with Gasteiger partial charge in [0.1, 0.15) is 11.5 Å². The van der Waals surface area contributed by atoms with Crippen LogP contribution in [-0.4, -0.2) is 8.42 Å². The SMILES string of the molecule is Cc1cc(F)c(C)c(S(=O)(=O)Nc2c(F)cc(C#Cc3cccc(Cl)c3)cc2F)c1. The summed E-state index contributed by atoms with van der Waals surface area (Å²) in [6, 6.07) is 10.8. The molecule has 0 heterocycles. The highest BCUT2D eigenvalue weighted by atomic mass is 35.5. The fraction of sp³-hybridized carbons (Fsp3) is 0.0909. The van der Waals surface area contributed by atoms with Gasteiger partial charge in [0.05, 0.1) is 4.90 Å². The van der Waals surface area contributed by atoms with Gasteiger partial charge in [0.2, 0.25) is 0 Å². The molecule has 0 radical (unpaired) electrons. The van der Waals surface area contributed by atoms with Gasteiger partial charge in [0.15, 0.2) is 11.6 Å². The number of benzene rings is 3. The first-order valence-electron chi connectivity index (χ1n) is 8.63. The standard InChI is InChI=1S/C22H15ClF3NO2S/c1-13-8-18(24)14(2)21(9-13)30(28,29)27-22-19(25)11-16(12-20(22)26)7-6-15-4-3-5-17(23)10-15/h3-5,8-12,27H,1-2H3. The number of hydrogen-bond donors (Lipinski definition) is 1. The van der Waals surface area contributed by atoms with E-state index in [1.807, 2.05) is 4.72 Å². The first-order valence-corrected chi connectivity index (χ1v) is 10.5. The van der Waals surface area contributed by atoms with Crippen LogP contribution in [0.2, 0.25) is 5.02 Å². The molecular weight excluding hydrogens is 435 g/mol. The first kappa shape index (κ1) is 21.8. The Balaban J connectivity index is 1.95. The maximum Gasteiger partial charge on any atom is 0.262 e. The van der Waals surface area contributed by atoms with Crippen molar-refractivity contribution in [1.82, 2.24) is 0 Å². The summed E-state index contributed by atoms with van der Waals surface area (Å²) in [6.07, 6.45) is 0. The summed E-state index contributed by atoms with van der Waals surface area (Å²) < 4.78 is 69.9. The van der Waals surface area contributed by atoms with E-state index in [-0.39, 0.29) is 11.1 Å². The number of halogens is 4. The van der Waals surface area contributed by atoms with Crippen molar-refractivity contribution >= 4 is 27.3 Å². The van der Waals surface area contributed by atoms with Crippen molar-refractivity contribution in [3.8, 4) is 11.8 Å². The summed E-state index contributed by atoms with van der Waals surface area (Å²) in [5.41, 5.74) is -0.121. The van der Waals surface area contributed by atoms with Crippen molar-refractivity contribution in [2.75, 3.05) is 4.72 Å². The van der Waals surface area contributed by atoms with Crippen molar-refractivity contribution < 1.29 is 21.6 Å². The molecule has 0 aliphatic heterocycles. The van der Waals surface area contributed by atoms with Crippen molar-refractivity contribution in [1.29, 1.82) is 0 Å². The Morgan fingerprint density at radius 1 is 0.867 bits per heavy atom. The lowest BCUT2D eigenvalue weighted by Gasteiger charge is -2.13. The lowest BCUT2D eigenvalue weighted by atomic mass is 10.1. The molecule has 8 heteroatoms. The smallest absolute Gasteiger partial charge is 0.262 e. The second-order valence-corrected chi connectivity index (χ2v) is 8.64. The predicted octanol–water partition coefficient (Wildman–Crippen LogP) is 5.57. The minimum Gasteiger partial charge on any atom is -0.274 e. The summed E-state index contributed by atoms with van der Waals surface area (Å²) in [5, 5.41) is 0.465. The molecule has 0 aliphatic rings. The Bertz CT molecular complexity index is 1290. The van der Waals surface area contributed by atoms with Gasteiger partial charge in [-0.3, -0.25) is 4.72 Å². The van der Waals surface area contributed by atoms with Crippen LogP contribution in [0.5, 0.6) is 0 Å². The van der Waals surface area contributed by atoms with Gasteiger partial charge in [-0.25, -0.2) is 21.6 Å². The van der Waals surface area contributed by atoms with E-state index >= 15 is 0 Å². The molecule has 0 saturated carbocycles. The molecule has 3 aromatic carbocycles. The average molecular weight is 450 g/mol. The molecule has 0 spiro atoms. The number of anilines is 1. The molecule has 30 heavy (non-hydrogen) atoms. The topological polar surface area (TPSA) is 46.2 Å². The predicted molar refractivity (Wildman–Crippen MR) is 110 cm³/mol. The van der Waals surface area contributed by atoms with Crippen LogP contribution in [0.3, 0.4) is 0 Å². The van der Waals surface area contributed by atoms with Crippen LogP contribution in [0, 0.1) is 43.1 Å². The zero-order chi connectivity index (χ0) is 22.1. The van der Waals surface area contributed by atoms with E-state index in [1.165, 1.54) is 26.0 Å². The van der Waals surface area contributed by atoms with E-state index < -0.39 is 38.1 Å². The lowest BCUT2D eigenvalue weighted by molar-refractivity contribution is 0.579. The molecule has 154 valence electrons. The number of rotatable bonds is 3. The van der Waals surface area contributed by atoms with Crippen LogP contribution >= 0.6 is 11.6 Å². The normalized spacial score (nSPS) is 11.0. The zero-order valence-electron chi connectivity index (χ0n) is 15.9. The minimum atomic E-state index is -4.43.